The maximum Gasteiger partial charge on any atom is 0.315 e. The van der Waals surface area contributed by atoms with Crippen LogP contribution in [0.15, 0.2) is 0 Å². The molecule has 1 saturated heterocycles. The Kier molecular flexibility index (Phi) is 4.15. The van der Waals surface area contributed by atoms with E-state index in [0.717, 1.165) is 19.1 Å². The van der Waals surface area contributed by atoms with Gasteiger partial charge in [-0.15, -0.1) is 0 Å². The average molecular weight is 249 g/mol. The predicted octanol–water partition coefficient (Wildman–Crippen LogP) is -0.143. The normalized spacial score (nSPS) is 26.8. The van der Waals surface area contributed by atoms with Crippen LogP contribution in [-0.2, 0) is 10.0 Å². The quantitative estimate of drug-likeness (QED) is 0.729. The van der Waals surface area contributed by atoms with Gasteiger partial charge in [0.1, 0.15) is 0 Å². The molecule has 16 heavy (non-hydrogen) atoms. The zero-order valence-corrected chi connectivity index (χ0v) is 10.5. The van der Waals surface area contributed by atoms with E-state index >= 15 is 0 Å². The summed E-state index contributed by atoms with van der Waals surface area (Å²) in [4.78, 5) is 12.8. The van der Waals surface area contributed by atoms with Crippen LogP contribution in [0.2, 0.25) is 0 Å². The van der Waals surface area contributed by atoms with Crippen LogP contribution in [0, 0.1) is 0 Å². The van der Waals surface area contributed by atoms with Crippen LogP contribution in [0.3, 0.4) is 0 Å². The molecule has 2 unspecified atom stereocenters. The summed E-state index contributed by atoms with van der Waals surface area (Å²) in [5.41, 5.74) is 5.27. The second-order valence-electron chi connectivity index (χ2n) is 4.15. The average Bonchev–Trinajstić information content (AvgIpc) is 2.14. The molecule has 0 radical (unpaired) electrons. The van der Waals surface area contributed by atoms with Gasteiger partial charge in [-0.3, -0.25) is 0 Å². The Labute approximate surface area is 96.2 Å². The van der Waals surface area contributed by atoms with Gasteiger partial charge in [0, 0.05) is 18.6 Å². The molecule has 0 aliphatic carbocycles. The van der Waals surface area contributed by atoms with E-state index in [2.05, 4.69) is 4.72 Å². The standard InChI is InChI=1S/C9H19N3O3S/c1-3-8-7(11-16(2,14)15)5-4-6-12(8)9(10)13/h7-8,11H,3-6H2,1-2H3,(H2,10,13). The van der Waals surface area contributed by atoms with Crippen molar-refractivity contribution < 1.29 is 13.2 Å². The monoisotopic (exact) mass is 249 g/mol. The Balaban J connectivity index is 2.80. The summed E-state index contributed by atoms with van der Waals surface area (Å²) in [6.07, 6.45) is 3.33. The van der Waals surface area contributed by atoms with E-state index in [1.165, 1.54) is 0 Å². The van der Waals surface area contributed by atoms with Crippen LogP contribution in [0.1, 0.15) is 26.2 Å². The fourth-order valence-corrected chi connectivity index (χ4v) is 3.07. The molecule has 1 fully saturated rings. The maximum atomic E-state index is 11.2. The molecule has 7 heteroatoms. The van der Waals surface area contributed by atoms with Gasteiger partial charge in [-0.05, 0) is 19.3 Å². The van der Waals surface area contributed by atoms with Gasteiger partial charge in [0.15, 0.2) is 0 Å². The number of rotatable bonds is 3. The van der Waals surface area contributed by atoms with Crippen LogP contribution in [0.5, 0.6) is 0 Å². The largest absolute Gasteiger partial charge is 0.351 e. The van der Waals surface area contributed by atoms with Gasteiger partial charge < -0.3 is 10.6 Å². The highest BCUT2D eigenvalue weighted by atomic mass is 32.2. The van der Waals surface area contributed by atoms with Crippen molar-refractivity contribution in [2.75, 3.05) is 12.8 Å². The number of nitrogens with one attached hydrogen (secondary N) is 1. The summed E-state index contributed by atoms with van der Waals surface area (Å²) in [6.45, 7) is 2.53. The van der Waals surface area contributed by atoms with Crippen molar-refractivity contribution in [3.63, 3.8) is 0 Å². The van der Waals surface area contributed by atoms with E-state index in [1.54, 1.807) is 4.90 Å². The number of nitrogens with two attached hydrogens (primary N) is 1. The third-order valence-electron chi connectivity index (χ3n) is 2.85. The number of likely N-dealkylation sites (tertiary alicyclic amines) is 1. The van der Waals surface area contributed by atoms with E-state index in [9.17, 15) is 13.2 Å². The first kappa shape index (κ1) is 13.2. The van der Waals surface area contributed by atoms with Gasteiger partial charge in [-0.25, -0.2) is 17.9 Å². The first-order chi connectivity index (χ1) is 7.35. The Morgan fingerprint density at radius 1 is 1.56 bits per heavy atom. The third kappa shape index (κ3) is 3.34. The molecular formula is C9H19N3O3S. The van der Waals surface area contributed by atoms with Crippen molar-refractivity contribution in [2.45, 2.75) is 38.3 Å². The van der Waals surface area contributed by atoms with Gasteiger partial charge in [0.2, 0.25) is 10.0 Å². The van der Waals surface area contributed by atoms with Crippen molar-refractivity contribution in [3.8, 4) is 0 Å². The zero-order valence-electron chi connectivity index (χ0n) is 9.64. The number of nitrogens with zero attached hydrogens (tertiary/aromatic N) is 1. The molecular weight excluding hydrogens is 230 g/mol. The summed E-state index contributed by atoms with van der Waals surface area (Å²) in [6, 6.07) is -0.839. The molecule has 1 aliphatic rings. The van der Waals surface area contributed by atoms with Crippen molar-refractivity contribution in [1.82, 2.24) is 9.62 Å². The van der Waals surface area contributed by atoms with Crippen LogP contribution < -0.4 is 10.5 Å². The van der Waals surface area contributed by atoms with Crippen molar-refractivity contribution in [1.29, 1.82) is 0 Å². The Morgan fingerprint density at radius 3 is 2.62 bits per heavy atom. The lowest BCUT2D eigenvalue weighted by molar-refractivity contribution is 0.138. The van der Waals surface area contributed by atoms with E-state index in [4.69, 9.17) is 5.73 Å². The molecule has 1 aliphatic heterocycles. The summed E-state index contributed by atoms with van der Waals surface area (Å²) < 4.78 is 25.0. The predicted molar refractivity (Wildman–Crippen MR) is 61.4 cm³/mol. The second kappa shape index (κ2) is 5.01. The summed E-state index contributed by atoms with van der Waals surface area (Å²) in [5, 5.41) is 0. The highest BCUT2D eigenvalue weighted by Gasteiger charge is 2.33. The maximum absolute atomic E-state index is 11.2. The number of sulfonamides is 1. The van der Waals surface area contributed by atoms with Gasteiger partial charge in [0.25, 0.3) is 0 Å². The third-order valence-corrected chi connectivity index (χ3v) is 3.58. The van der Waals surface area contributed by atoms with Crippen LogP contribution in [0.4, 0.5) is 4.79 Å². The number of amides is 2. The molecule has 2 atom stereocenters. The Hall–Kier alpha value is -0.820. The van der Waals surface area contributed by atoms with Crippen LogP contribution in [0.25, 0.3) is 0 Å². The molecule has 6 nitrogen and oxygen atoms in total. The first-order valence-corrected chi connectivity index (χ1v) is 7.27. The fraction of sp³-hybridized carbons (Fsp3) is 0.889. The molecule has 2 amide bonds. The minimum Gasteiger partial charge on any atom is -0.351 e. The number of hydrogen-bond donors (Lipinski definition) is 2. The number of carbonyl (C=O) groups is 1. The Bertz CT molecular complexity index is 355. The summed E-state index contributed by atoms with van der Waals surface area (Å²) in [7, 11) is -3.24. The van der Waals surface area contributed by atoms with E-state index in [-0.39, 0.29) is 12.1 Å². The molecule has 0 saturated carbocycles. The fourth-order valence-electron chi connectivity index (χ4n) is 2.25. The second-order valence-corrected chi connectivity index (χ2v) is 5.93. The van der Waals surface area contributed by atoms with Crippen molar-refractivity contribution >= 4 is 16.1 Å². The lowest BCUT2D eigenvalue weighted by atomic mass is 9.95. The SMILES string of the molecule is CCC1C(NS(C)(=O)=O)CCCN1C(N)=O. The van der Waals surface area contributed by atoms with Gasteiger partial charge in [0.05, 0.1) is 6.26 Å². The Morgan fingerprint density at radius 2 is 2.19 bits per heavy atom. The van der Waals surface area contributed by atoms with Crippen LogP contribution >= 0.6 is 0 Å². The van der Waals surface area contributed by atoms with Crippen LogP contribution in [-0.4, -0.2) is 44.2 Å². The highest BCUT2D eigenvalue weighted by Crippen LogP contribution is 2.20. The molecule has 1 rings (SSSR count). The van der Waals surface area contributed by atoms with E-state index < -0.39 is 16.1 Å². The number of carbonyl (C=O) groups excluding carboxylic acids is 1. The molecule has 0 aromatic rings. The molecule has 0 aromatic heterocycles. The van der Waals surface area contributed by atoms with Crippen molar-refractivity contribution in [2.24, 2.45) is 5.73 Å². The number of hydrogen-bond acceptors (Lipinski definition) is 3. The number of primary amides is 1. The lowest BCUT2D eigenvalue weighted by Gasteiger charge is -2.39. The molecule has 3 N–H and O–H groups in total. The van der Waals surface area contributed by atoms with Gasteiger partial charge in [-0.2, -0.15) is 0 Å². The minimum absolute atomic E-state index is 0.138. The first-order valence-electron chi connectivity index (χ1n) is 5.38. The molecule has 0 spiro atoms. The van der Waals surface area contributed by atoms with E-state index in [0.29, 0.717) is 13.0 Å². The zero-order chi connectivity index (χ0) is 12.3. The topological polar surface area (TPSA) is 92.5 Å². The summed E-state index contributed by atoms with van der Waals surface area (Å²) >= 11 is 0. The number of urea groups is 1. The highest BCUT2D eigenvalue weighted by molar-refractivity contribution is 7.88. The van der Waals surface area contributed by atoms with Gasteiger partial charge >= 0.3 is 6.03 Å². The molecule has 1 heterocycles. The van der Waals surface area contributed by atoms with E-state index in [1.807, 2.05) is 6.92 Å². The van der Waals surface area contributed by atoms with Gasteiger partial charge in [-0.1, -0.05) is 6.92 Å². The molecule has 94 valence electrons. The minimum atomic E-state index is -3.24. The molecule has 0 aromatic carbocycles. The van der Waals surface area contributed by atoms with Crippen molar-refractivity contribution in [3.05, 3.63) is 0 Å². The molecule has 0 bridgehead atoms. The summed E-state index contributed by atoms with van der Waals surface area (Å²) in [5.74, 6) is 0. The lowest BCUT2D eigenvalue weighted by Crippen LogP contribution is -2.57. The smallest absolute Gasteiger partial charge is 0.315 e. The number of piperidine rings is 1.